The number of hydrogen-bond donors (Lipinski definition) is 2. The summed E-state index contributed by atoms with van der Waals surface area (Å²) in [5.41, 5.74) is 0.360. The van der Waals surface area contributed by atoms with Gasteiger partial charge in [-0.3, -0.25) is 25.0 Å². The van der Waals surface area contributed by atoms with Gasteiger partial charge in [0, 0.05) is 11.8 Å². The Balaban J connectivity index is 2.08. The van der Waals surface area contributed by atoms with E-state index in [2.05, 4.69) is 10.6 Å². The number of imide groups is 2. The van der Waals surface area contributed by atoms with Crippen LogP contribution in [-0.4, -0.2) is 50.3 Å². The first-order valence-corrected chi connectivity index (χ1v) is 12.3. The van der Waals surface area contributed by atoms with Gasteiger partial charge in [0.2, 0.25) is 11.8 Å². The van der Waals surface area contributed by atoms with Gasteiger partial charge in [-0.25, -0.2) is 13.2 Å². The molecule has 0 saturated carbocycles. The first-order chi connectivity index (χ1) is 16.0. The van der Waals surface area contributed by atoms with E-state index in [1.807, 2.05) is 13.8 Å². The van der Waals surface area contributed by atoms with Crippen LogP contribution >= 0.6 is 0 Å². The van der Waals surface area contributed by atoms with Crippen LogP contribution in [0, 0.1) is 19.3 Å². The molecule has 0 aliphatic carbocycles. The number of nitrogens with one attached hydrogen (secondary N) is 2. The maximum absolute atomic E-state index is 13.6. The SMILES string of the molecule is COC(=O)[C@H]1[C@H](c2ccc(C)cc2)C2(C(=O)NC(=O)NC2=O)[C@H](c2ccc(C)cc2)CS1(=O)=O. The van der Waals surface area contributed by atoms with Crippen LogP contribution in [-0.2, 0) is 29.0 Å². The Morgan fingerprint density at radius 3 is 1.82 bits per heavy atom. The number of ether oxygens (including phenoxy) is 1. The Kier molecular flexibility index (Phi) is 5.80. The molecule has 2 aliphatic rings. The second-order valence-corrected chi connectivity index (χ2v) is 10.9. The average Bonchev–Trinajstić information content (AvgIpc) is 2.77. The average molecular weight is 485 g/mol. The van der Waals surface area contributed by atoms with Crippen LogP contribution in [0.4, 0.5) is 4.79 Å². The molecule has 0 radical (unpaired) electrons. The molecule has 2 aromatic carbocycles. The first-order valence-electron chi connectivity index (χ1n) is 10.6. The molecule has 2 saturated heterocycles. The van der Waals surface area contributed by atoms with E-state index in [0.29, 0.717) is 11.1 Å². The van der Waals surface area contributed by atoms with Crippen LogP contribution in [0.2, 0.25) is 0 Å². The second kappa shape index (κ2) is 8.35. The molecule has 0 aromatic heterocycles. The summed E-state index contributed by atoms with van der Waals surface area (Å²) in [6, 6.07) is 12.3. The zero-order chi connectivity index (χ0) is 24.8. The van der Waals surface area contributed by atoms with E-state index in [4.69, 9.17) is 4.74 Å². The molecule has 34 heavy (non-hydrogen) atoms. The highest BCUT2D eigenvalue weighted by molar-refractivity contribution is 7.92. The van der Waals surface area contributed by atoms with E-state index >= 15 is 0 Å². The number of benzene rings is 2. The fraction of sp³-hybridized carbons (Fsp3) is 0.333. The summed E-state index contributed by atoms with van der Waals surface area (Å²) in [6.45, 7) is 3.67. The van der Waals surface area contributed by atoms with Gasteiger partial charge in [-0.05, 0) is 25.0 Å². The monoisotopic (exact) mass is 484 g/mol. The third-order valence-corrected chi connectivity index (χ3v) is 8.72. The van der Waals surface area contributed by atoms with Gasteiger partial charge in [0.25, 0.3) is 0 Å². The Hall–Kier alpha value is -3.53. The van der Waals surface area contributed by atoms with Crippen molar-refractivity contribution in [2.75, 3.05) is 12.9 Å². The van der Waals surface area contributed by atoms with Crippen LogP contribution in [0.5, 0.6) is 0 Å². The number of carbonyl (C=O) groups excluding carboxylic acids is 4. The smallest absolute Gasteiger partial charge is 0.328 e. The molecule has 2 aromatic rings. The number of urea groups is 1. The van der Waals surface area contributed by atoms with Crippen molar-refractivity contribution >= 4 is 33.7 Å². The number of hydrogen-bond acceptors (Lipinski definition) is 7. The van der Waals surface area contributed by atoms with Crippen molar-refractivity contribution < 1.29 is 32.3 Å². The van der Waals surface area contributed by atoms with Gasteiger partial charge >= 0.3 is 12.0 Å². The molecule has 1 spiro atoms. The number of amides is 4. The number of barbiturate groups is 1. The predicted octanol–water partition coefficient (Wildman–Crippen LogP) is 1.49. The molecule has 0 bridgehead atoms. The lowest BCUT2D eigenvalue weighted by molar-refractivity contribution is -0.150. The van der Waals surface area contributed by atoms with Gasteiger partial charge in [-0.1, -0.05) is 59.7 Å². The van der Waals surface area contributed by atoms with E-state index in [-0.39, 0.29) is 0 Å². The normalized spacial score (nSPS) is 25.4. The van der Waals surface area contributed by atoms with E-state index in [0.717, 1.165) is 18.2 Å². The van der Waals surface area contributed by atoms with Gasteiger partial charge in [0.1, 0.15) is 5.41 Å². The van der Waals surface area contributed by atoms with Crippen LogP contribution in [0.15, 0.2) is 48.5 Å². The summed E-state index contributed by atoms with van der Waals surface area (Å²) < 4.78 is 31.9. The molecule has 4 amide bonds. The summed E-state index contributed by atoms with van der Waals surface area (Å²) >= 11 is 0. The van der Waals surface area contributed by atoms with Crippen molar-refractivity contribution in [3.05, 3.63) is 70.8 Å². The van der Waals surface area contributed by atoms with Crippen LogP contribution < -0.4 is 10.6 Å². The standard InChI is InChI=1S/C24H24N2O7S/c1-13-4-8-15(9-5-13)17-12-34(31,32)19(20(27)33-3)18(16-10-6-14(2)7-11-16)24(17)21(28)25-23(30)26-22(24)29/h4-11,17-19H,12H2,1-3H3,(H2,25,26,28,29,30)/t17-,18-,19+/m0/s1. The third-order valence-electron chi connectivity index (χ3n) is 6.68. The number of methoxy groups -OCH3 is 1. The van der Waals surface area contributed by atoms with Crippen molar-refractivity contribution in [3.63, 3.8) is 0 Å². The molecule has 2 heterocycles. The lowest BCUT2D eigenvalue weighted by Gasteiger charge is -2.50. The Morgan fingerprint density at radius 1 is 0.882 bits per heavy atom. The van der Waals surface area contributed by atoms with Crippen LogP contribution in [0.1, 0.15) is 34.1 Å². The van der Waals surface area contributed by atoms with Crippen molar-refractivity contribution in [2.45, 2.75) is 30.9 Å². The Bertz CT molecular complexity index is 1260. The van der Waals surface area contributed by atoms with Gasteiger partial charge in [0.05, 0.1) is 12.9 Å². The maximum atomic E-state index is 13.6. The van der Waals surface area contributed by atoms with E-state index < -0.39 is 61.9 Å². The molecule has 2 fully saturated rings. The Morgan fingerprint density at radius 2 is 1.35 bits per heavy atom. The predicted molar refractivity (Wildman–Crippen MR) is 122 cm³/mol. The van der Waals surface area contributed by atoms with Crippen molar-refractivity contribution in [1.29, 1.82) is 0 Å². The van der Waals surface area contributed by atoms with E-state index in [9.17, 15) is 27.6 Å². The number of sulfone groups is 1. The molecule has 10 heteroatoms. The molecule has 0 unspecified atom stereocenters. The number of carbonyl (C=O) groups is 4. The van der Waals surface area contributed by atoms with Gasteiger partial charge in [-0.2, -0.15) is 0 Å². The zero-order valence-corrected chi connectivity index (χ0v) is 19.6. The molecule has 9 nitrogen and oxygen atoms in total. The van der Waals surface area contributed by atoms with Crippen LogP contribution in [0.3, 0.4) is 0 Å². The fourth-order valence-corrected chi connectivity index (χ4v) is 7.35. The molecule has 3 atom stereocenters. The van der Waals surface area contributed by atoms with E-state index in [1.54, 1.807) is 48.5 Å². The molecule has 2 N–H and O–H groups in total. The molecular weight excluding hydrogens is 460 g/mol. The fourth-order valence-electron chi connectivity index (χ4n) is 5.04. The largest absolute Gasteiger partial charge is 0.468 e. The molecule has 178 valence electrons. The summed E-state index contributed by atoms with van der Waals surface area (Å²) in [6.07, 6.45) is 0. The molecular formula is C24H24N2O7S. The summed E-state index contributed by atoms with van der Waals surface area (Å²) in [5, 5.41) is 2.45. The second-order valence-electron chi connectivity index (χ2n) is 8.73. The minimum Gasteiger partial charge on any atom is -0.468 e. The summed E-state index contributed by atoms with van der Waals surface area (Å²) in [4.78, 5) is 52.1. The topological polar surface area (TPSA) is 136 Å². The van der Waals surface area contributed by atoms with Gasteiger partial charge < -0.3 is 4.74 Å². The Labute approximate surface area is 196 Å². The molecule has 4 rings (SSSR count). The van der Waals surface area contributed by atoms with Crippen molar-refractivity contribution in [1.82, 2.24) is 10.6 Å². The highest BCUT2D eigenvalue weighted by Crippen LogP contribution is 2.56. The molecule has 2 aliphatic heterocycles. The zero-order valence-electron chi connectivity index (χ0n) is 18.8. The number of esters is 1. The number of aryl methyl sites for hydroxylation is 2. The van der Waals surface area contributed by atoms with Gasteiger partial charge in [0.15, 0.2) is 15.1 Å². The lowest BCUT2D eigenvalue weighted by Crippen LogP contribution is -2.71. The van der Waals surface area contributed by atoms with Gasteiger partial charge in [-0.15, -0.1) is 0 Å². The first kappa shape index (κ1) is 23.6. The minimum absolute atomic E-state index is 0.293. The van der Waals surface area contributed by atoms with Crippen molar-refractivity contribution in [3.8, 4) is 0 Å². The number of rotatable bonds is 3. The lowest BCUT2D eigenvalue weighted by atomic mass is 9.59. The quantitative estimate of drug-likeness (QED) is 0.498. The third kappa shape index (κ3) is 3.58. The minimum atomic E-state index is -4.20. The summed E-state index contributed by atoms with van der Waals surface area (Å²) in [7, 11) is -3.16. The van der Waals surface area contributed by atoms with Crippen LogP contribution in [0.25, 0.3) is 0 Å². The van der Waals surface area contributed by atoms with E-state index in [1.165, 1.54) is 0 Å². The maximum Gasteiger partial charge on any atom is 0.328 e. The van der Waals surface area contributed by atoms with Crippen molar-refractivity contribution in [2.24, 2.45) is 5.41 Å². The summed E-state index contributed by atoms with van der Waals surface area (Å²) in [5.74, 6) is -6.27. The highest BCUT2D eigenvalue weighted by Gasteiger charge is 2.69. The highest BCUT2D eigenvalue weighted by atomic mass is 32.2.